The van der Waals surface area contributed by atoms with Crippen LogP contribution in [0.4, 0.5) is 0 Å². The van der Waals surface area contributed by atoms with Gasteiger partial charge in [-0.25, -0.2) is 4.79 Å². The van der Waals surface area contributed by atoms with Gasteiger partial charge in [0.1, 0.15) is 0 Å². The lowest BCUT2D eigenvalue weighted by Crippen LogP contribution is -2.33. The molecular formula is C7H11NO3. The lowest BCUT2D eigenvalue weighted by molar-refractivity contribution is -0.150. The molecule has 1 rings (SSSR count). The van der Waals surface area contributed by atoms with Crippen LogP contribution in [0.3, 0.4) is 0 Å². The number of carbonyl (C=O) groups is 2. The summed E-state index contributed by atoms with van der Waals surface area (Å²) in [6.45, 7) is 3.60. The molecule has 0 atom stereocenters. The maximum atomic E-state index is 11.1. The van der Waals surface area contributed by atoms with Crippen molar-refractivity contribution in [3.8, 4) is 0 Å². The van der Waals surface area contributed by atoms with Crippen LogP contribution in [-0.4, -0.2) is 11.9 Å². The van der Waals surface area contributed by atoms with Gasteiger partial charge < -0.3 is 4.84 Å². The Bertz CT molecular complexity index is 178. The molecule has 4 nitrogen and oxygen atoms in total. The monoisotopic (exact) mass is 157 g/mol. The molecule has 1 heterocycles. The van der Waals surface area contributed by atoms with Gasteiger partial charge in [0.2, 0.25) is 0 Å². The highest BCUT2D eigenvalue weighted by Gasteiger charge is 2.50. The first-order valence-corrected chi connectivity index (χ1v) is 3.69. The highest BCUT2D eigenvalue weighted by Crippen LogP contribution is 2.31. The van der Waals surface area contributed by atoms with Crippen LogP contribution in [0, 0.1) is 5.41 Å². The van der Waals surface area contributed by atoms with E-state index in [-0.39, 0.29) is 5.91 Å². The predicted octanol–water partition coefficient (Wildman–Crippen LogP) is 0.381. The van der Waals surface area contributed by atoms with Crippen molar-refractivity contribution in [1.82, 2.24) is 5.48 Å². The quantitative estimate of drug-likeness (QED) is 0.589. The van der Waals surface area contributed by atoms with Crippen molar-refractivity contribution in [3.63, 3.8) is 0 Å². The van der Waals surface area contributed by atoms with Crippen LogP contribution >= 0.6 is 0 Å². The third-order valence-corrected chi connectivity index (χ3v) is 2.27. The third-order valence-electron chi connectivity index (χ3n) is 2.27. The van der Waals surface area contributed by atoms with Crippen molar-refractivity contribution in [1.29, 1.82) is 0 Å². The second-order valence-electron chi connectivity index (χ2n) is 2.61. The van der Waals surface area contributed by atoms with Gasteiger partial charge in [0, 0.05) is 0 Å². The molecule has 0 unspecified atom stereocenters. The molecule has 0 aromatic heterocycles. The van der Waals surface area contributed by atoms with E-state index in [0.29, 0.717) is 12.8 Å². The summed E-state index contributed by atoms with van der Waals surface area (Å²) >= 11 is 0. The molecule has 1 fully saturated rings. The highest BCUT2D eigenvalue weighted by atomic mass is 16.7. The van der Waals surface area contributed by atoms with E-state index in [1.807, 2.05) is 0 Å². The topological polar surface area (TPSA) is 55.4 Å². The van der Waals surface area contributed by atoms with E-state index in [2.05, 4.69) is 10.3 Å². The zero-order chi connectivity index (χ0) is 8.48. The molecule has 0 aromatic carbocycles. The molecule has 0 saturated carbocycles. The fourth-order valence-electron chi connectivity index (χ4n) is 1.24. The predicted molar refractivity (Wildman–Crippen MR) is 37.2 cm³/mol. The van der Waals surface area contributed by atoms with Crippen LogP contribution in [0.1, 0.15) is 26.7 Å². The van der Waals surface area contributed by atoms with Gasteiger partial charge in [-0.2, -0.15) is 5.48 Å². The Hall–Kier alpha value is -1.06. The van der Waals surface area contributed by atoms with E-state index in [9.17, 15) is 9.59 Å². The lowest BCUT2D eigenvalue weighted by Gasteiger charge is -2.15. The summed E-state index contributed by atoms with van der Waals surface area (Å²) in [5.74, 6) is -0.764. The summed E-state index contributed by atoms with van der Waals surface area (Å²) < 4.78 is 0. The molecule has 0 bridgehead atoms. The van der Waals surface area contributed by atoms with Crippen LogP contribution in [0.25, 0.3) is 0 Å². The van der Waals surface area contributed by atoms with E-state index >= 15 is 0 Å². The maximum Gasteiger partial charge on any atom is 0.347 e. The van der Waals surface area contributed by atoms with E-state index in [4.69, 9.17) is 0 Å². The molecular weight excluding hydrogens is 146 g/mol. The Kier molecular flexibility index (Phi) is 1.85. The standard InChI is InChI=1S/C7H11NO3/c1-3-7(4-2)5(9)8-11-6(7)10/h3-4H2,1-2H3,(H,8,9). The summed E-state index contributed by atoms with van der Waals surface area (Å²) in [6.07, 6.45) is 0.988. The number of hydrogen-bond donors (Lipinski definition) is 1. The summed E-state index contributed by atoms with van der Waals surface area (Å²) in [5.41, 5.74) is 1.16. The van der Waals surface area contributed by atoms with Gasteiger partial charge in [-0.05, 0) is 12.8 Å². The van der Waals surface area contributed by atoms with Crippen LogP contribution in [0.2, 0.25) is 0 Å². The molecule has 11 heavy (non-hydrogen) atoms. The Morgan fingerprint density at radius 1 is 1.36 bits per heavy atom. The first-order valence-electron chi connectivity index (χ1n) is 3.69. The van der Waals surface area contributed by atoms with Crippen molar-refractivity contribution in [2.45, 2.75) is 26.7 Å². The Morgan fingerprint density at radius 2 is 1.91 bits per heavy atom. The van der Waals surface area contributed by atoms with Gasteiger partial charge in [0.25, 0.3) is 5.91 Å². The van der Waals surface area contributed by atoms with E-state index < -0.39 is 11.4 Å². The van der Waals surface area contributed by atoms with E-state index in [0.717, 1.165) is 0 Å². The van der Waals surface area contributed by atoms with Gasteiger partial charge in [0.15, 0.2) is 5.41 Å². The van der Waals surface area contributed by atoms with Gasteiger partial charge in [-0.3, -0.25) is 4.79 Å². The number of hydrogen-bond acceptors (Lipinski definition) is 3. The molecule has 1 aliphatic rings. The average molecular weight is 157 g/mol. The summed E-state index contributed by atoms with van der Waals surface area (Å²) in [4.78, 5) is 26.6. The zero-order valence-corrected chi connectivity index (χ0v) is 6.64. The molecule has 4 heteroatoms. The normalized spacial score (nSPS) is 21.3. The minimum Gasteiger partial charge on any atom is -0.340 e. The third kappa shape index (κ3) is 0.895. The van der Waals surface area contributed by atoms with Crippen molar-refractivity contribution in [2.75, 3.05) is 0 Å². The zero-order valence-electron chi connectivity index (χ0n) is 6.64. The molecule has 1 aliphatic heterocycles. The SMILES string of the molecule is CCC1(CC)C(=O)NOC1=O. The number of rotatable bonds is 2. The molecule has 0 aromatic rings. The number of hydroxylamine groups is 1. The second kappa shape index (κ2) is 2.53. The van der Waals surface area contributed by atoms with Crippen molar-refractivity contribution < 1.29 is 14.4 Å². The van der Waals surface area contributed by atoms with Gasteiger partial charge >= 0.3 is 5.97 Å². The van der Waals surface area contributed by atoms with Crippen LogP contribution in [-0.2, 0) is 14.4 Å². The molecule has 0 aliphatic carbocycles. The van der Waals surface area contributed by atoms with Crippen LogP contribution < -0.4 is 5.48 Å². The van der Waals surface area contributed by atoms with Gasteiger partial charge in [-0.1, -0.05) is 13.8 Å². The van der Waals surface area contributed by atoms with Crippen molar-refractivity contribution in [3.05, 3.63) is 0 Å². The molecule has 1 N–H and O–H groups in total. The fraction of sp³-hybridized carbons (Fsp3) is 0.714. The van der Waals surface area contributed by atoms with Crippen LogP contribution in [0.15, 0.2) is 0 Å². The van der Waals surface area contributed by atoms with E-state index in [1.54, 1.807) is 13.8 Å². The molecule has 62 valence electrons. The van der Waals surface area contributed by atoms with Gasteiger partial charge in [-0.15, -0.1) is 0 Å². The first-order chi connectivity index (χ1) is 5.17. The average Bonchev–Trinajstić information content (AvgIpc) is 2.29. The Labute approximate surface area is 64.9 Å². The lowest BCUT2D eigenvalue weighted by atomic mass is 9.82. The van der Waals surface area contributed by atoms with Crippen molar-refractivity contribution >= 4 is 11.9 Å². The smallest absolute Gasteiger partial charge is 0.340 e. The van der Waals surface area contributed by atoms with Gasteiger partial charge in [0.05, 0.1) is 0 Å². The molecule has 0 spiro atoms. The van der Waals surface area contributed by atoms with Crippen LogP contribution in [0.5, 0.6) is 0 Å². The minimum absolute atomic E-state index is 0.312. The molecule has 1 amide bonds. The summed E-state index contributed by atoms with van der Waals surface area (Å²) in [6, 6.07) is 0. The van der Waals surface area contributed by atoms with E-state index in [1.165, 1.54) is 0 Å². The molecule has 0 radical (unpaired) electrons. The number of carbonyl (C=O) groups excluding carboxylic acids is 2. The fourth-order valence-corrected chi connectivity index (χ4v) is 1.24. The first kappa shape index (κ1) is 8.04. The van der Waals surface area contributed by atoms with Crippen molar-refractivity contribution in [2.24, 2.45) is 5.41 Å². The number of nitrogens with one attached hydrogen (secondary N) is 1. The summed E-state index contributed by atoms with van der Waals surface area (Å²) in [5, 5.41) is 0. The largest absolute Gasteiger partial charge is 0.347 e. The molecule has 1 saturated heterocycles. The maximum absolute atomic E-state index is 11.1. The minimum atomic E-state index is -0.917. The Morgan fingerprint density at radius 3 is 2.09 bits per heavy atom. The second-order valence-corrected chi connectivity index (χ2v) is 2.61. The highest BCUT2D eigenvalue weighted by molar-refractivity contribution is 6.06. The number of amides is 1. The summed E-state index contributed by atoms with van der Waals surface area (Å²) in [7, 11) is 0. The Balaban J connectivity index is 2.94.